The standard InChI is InChI=1S/C9H12ClN3S/c10-8-7-12-9(14-8)11-3-6-13-4-1-2-5-13/h1-2,7H,3-6H2,(H,11,12). The van der Waals surface area contributed by atoms with Crippen molar-refractivity contribution in [3.8, 4) is 0 Å². The number of nitrogens with one attached hydrogen (secondary N) is 1. The first-order chi connectivity index (χ1) is 6.84. The smallest absolute Gasteiger partial charge is 0.184 e. The number of rotatable bonds is 4. The van der Waals surface area contributed by atoms with Gasteiger partial charge in [0.15, 0.2) is 5.13 Å². The van der Waals surface area contributed by atoms with Crippen LogP contribution in [0.4, 0.5) is 5.13 Å². The number of halogens is 1. The fraction of sp³-hybridized carbons (Fsp3) is 0.444. The van der Waals surface area contributed by atoms with Crippen molar-refractivity contribution in [2.24, 2.45) is 0 Å². The van der Waals surface area contributed by atoms with Crippen LogP contribution >= 0.6 is 22.9 Å². The minimum absolute atomic E-state index is 0.732. The average Bonchev–Trinajstić information content (AvgIpc) is 2.77. The molecule has 0 aromatic carbocycles. The molecule has 0 radical (unpaired) electrons. The Hall–Kier alpha value is -0.580. The van der Waals surface area contributed by atoms with E-state index in [-0.39, 0.29) is 0 Å². The fourth-order valence-corrected chi connectivity index (χ4v) is 2.20. The maximum Gasteiger partial charge on any atom is 0.184 e. The highest BCUT2D eigenvalue weighted by molar-refractivity contribution is 7.19. The summed E-state index contributed by atoms with van der Waals surface area (Å²) in [5, 5.41) is 4.15. The van der Waals surface area contributed by atoms with Crippen LogP contribution in [-0.2, 0) is 0 Å². The van der Waals surface area contributed by atoms with Gasteiger partial charge in [-0.3, -0.25) is 4.90 Å². The normalized spacial score (nSPS) is 16.4. The molecule has 0 saturated carbocycles. The van der Waals surface area contributed by atoms with Crippen molar-refractivity contribution in [1.82, 2.24) is 9.88 Å². The van der Waals surface area contributed by atoms with Crippen LogP contribution < -0.4 is 5.32 Å². The second kappa shape index (κ2) is 4.77. The molecule has 0 amide bonds. The van der Waals surface area contributed by atoms with Crippen molar-refractivity contribution in [2.45, 2.75) is 0 Å². The summed E-state index contributed by atoms with van der Waals surface area (Å²) < 4.78 is 0.732. The molecule has 2 rings (SSSR count). The van der Waals surface area contributed by atoms with Crippen LogP contribution in [0.1, 0.15) is 0 Å². The maximum atomic E-state index is 5.76. The minimum atomic E-state index is 0.732. The van der Waals surface area contributed by atoms with E-state index in [0.717, 1.165) is 35.6 Å². The van der Waals surface area contributed by atoms with Gasteiger partial charge in [0.25, 0.3) is 0 Å². The zero-order valence-corrected chi connectivity index (χ0v) is 9.31. The van der Waals surface area contributed by atoms with Gasteiger partial charge in [-0.15, -0.1) is 0 Å². The Kier molecular flexibility index (Phi) is 3.39. The van der Waals surface area contributed by atoms with Crippen LogP contribution in [0.5, 0.6) is 0 Å². The Balaban J connectivity index is 1.67. The van der Waals surface area contributed by atoms with E-state index in [1.54, 1.807) is 6.20 Å². The lowest BCUT2D eigenvalue weighted by Crippen LogP contribution is -2.26. The van der Waals surface area contributed by atoms with Gasteiger partial charge in [0.2, 0.25) is 0 Å². The zero-order valence-electron chi connectivity index (χ0n) is 7.74. The molecule has 1 N–H and O–H groups in total. The Morgan fingerprint density at radius 2 is 2.29 bits per heavy atom. The zero-order chi connectivity index (χ0) is 9.80. The van der Waals surface area contributed by atoms with Crippen molar-refractivity contribution in [3.63, 3.8) is 0 Å². The molecule has 1 aliphatic heterocycles. The van der Waals surface area contributed by atoms with E-state index in [2.05, 4.69) is 27.4 Å². The molecule has 76 valence electrons. The van der Waals surface area contributed by atoms with E-state index >= 15 is 0 Å². The largest absolute Gasteiger partial charge is 0.360 e. The predicted octanol–water partition coefficient (Wildman–Crippen LogP) is 2.08. The van der Waals surface area contributed by atoms with Crippen molar-refractivity contribution < 1.29 is 0 Å². The van der Waals surface area contributed by atoms with E-state index in [4.69, 9.17) is 11.6 Å². The number of hydrogen-bond acceptors (Lipinski definition) is 4. The molecule has 1 aromatic heterocycles. The van der Waals surface area contributed by atoms with Crippen LogP contribution in [-0.4, -0.2) is 36.1 Å². The van der Waals surface area contributed by atoms with Crippen molar-refractivity contribution in [2.75, 3.05) is 31.5 Å². The van der Waals surface area contributed by atoms with Gasteiger partial charge >= 0.3 is 0 Å². The Morgan fingerprint density at radius 3 is 2.93 bits per heavy atom. The number of thiazole rings is 1. The molecular weight excluding hydrogens is 218 g/mol. The van der Waals surface area contributed by atoms with Crippen molar-refractivity contribution in [3.05, 3.63) is 22.7 Å². The molecular formula is C9H12ClN3S. The molecule has 0 fully saturated rings. The molecule has 0 saturated heterocycles. The molecule has 0 spiro atoms. The third-order valence-electron chi connectivity index (χ3n) is 2.08. The number of nitrogens with zero attached hydrogens (tertiary/aromatic N) is 2. The molecule has 1 aromatic rings. The molecule has 0 aliphatic carbocycles. The van der Waals surface area contributed by atoms with Crippen LogP contribution in [0.15, 0.2) is 18.3 Å². The Labute approximate surface area is 92.4 Å². The summed E-state index contributed by atoms with van der Waals surface area (Å²) in [6.07, 6.45) is 6.06. The third-order valence-corrected chi connectivity index (χ3v) is 3.15. The lowest BCUT2D eigenvalue weighted by atomic mass is 10.5. The van der Waals surface area contributed by atoms with Gasteiger partial charge in [0.05, 0.1) is 6.20 Å². The lowest BCUT2D eigenvalue weighted by Gasteiger charge is -2.14. The second-order valence-electron chi connectivity index (χ2n) is 3.13. The molecule has 0 unspecified atom stereocenters. The summed E-state index contributed by atoms with van der Waals surface area (Å²) in [6.45, 7) is 4.11. The summed E-state index contributed by atoms with van der Waals surface area (Å²) >= 11 is 7.24. The summed E-state index contributed by atoms with van der Waals surface area (Å²) in [5.74, 6) is 0. The highest BCUT2D eigenvalue weighted by Crippen LogP contribution is 2.22. The maximum absolute atomic E-state index is 5.76. The van der Waals surface area contributed by atoms with Crippen molar-refractivity contribution >= 4 is 28.1 Å². The van der Waals surface area contributed by atoms with Gasteiger partial charge in [0.1, 0.15) is 4.34 Å². The topological polar surface area (TPSA) is 28.2 Å². The van der Waals surface area contributed by atoms with Crippen LogP contribution in [0.3, 0.4) is 0 Å². The Bertz CT molecular complexity index is 316. The third kappa shape index (κ3) is 2.70. The first kappa shape index (κ1) is 9.96. The number of anilines is 1. The molecule has 14 heavy (non-hydrogen) atoms. The van der Waals surface area contributed by atoms with Gasteiger partial charge in [-0.25, -0.2) is 4.98 Å². The van der Waals surface area contributed by atoms with Crippen LogP contribution in [0, 0.1) is 0 Å². The second-order valence-corrected chi connectivity index (χ2v) is 4.79. The van der Waals surface area contributed by atoms with E-state index in [0.29, 0.717) is 0 Å². The summed E-state index contributed by atoms with van der Waals surface area (Å²) in [6, 6.07) is 0. The lowest BCUT2D eigenvalue weighted by molar-refractivity contribution is 0.367. The van der Waals surface area contributed by atoms with Gasteiger partial charge < -0.3 is 5.32 Å². The molecule has 0 bridgehead atoms. The Morgan fingerprint density at radius 1 is 1.50 bits per heavy atom. The van der Waals surface area contributed by atoms with E-state index < -0.39 is 0 Å². The number of hydrogen-bond donors (Lipinski definition) is 1. The molecule has 2 heterocycles. The summed E-state index contributed by atoms with van der Waals surface area (Å²) in [4.78, 5) is 6.48. The SMILES string of the molecule is Clc1cnc(NCCN2CC=CC2)s1. The van der Waals surface area contributed by atoms with Gasteiger partial charge in [-0.1, -0.05) is 35.1 Å². The monoisotopic (exact) mass is 229 g/mol. The van der Waals surface area contributed by atoms with Gasteiger partial charge in [0, 0.05) is 26.2 Å². The summed E-state index contributed by atoms with van der Waals surface area (Å²) in [7, 11) is 0. The van der Waals surface area contributed by atoms with Crippen LogP contribution in [0.25, 0.3) is 0 Å². The highest BCUT2D eigenvalue weighted by atomic mass is 35.5. The van der Waals surface area contributed by atoms with Crippen LogP contribution in [0.2, 0.25) is 4.34 Å². The molecule has 1 aliphatic rings. The van der Waals surface area contributed by atoms with Gasteiger partial charge in [-0.2, -0.15) is 0 Å². The van der Waals surface area contributed by atoms with E-state index in [9.17, 15) is 0 Å². The first-order valence-corrected chi connectivity index (χ1v) is 5.76. The quantitative estimate of drug-likeness (QED) is 0.802. The minimum Gasteiger partial charge on any atom is -0.360 e. The molecule has 0 atom stereocenters. The highest BCUT2D eigenvalue weighted by Gasteiger charge is 2.05. The number of aromatic nitrogens is 1. The first-order valence-electron chi connectivity index (χ1n) is 4.57. The molecule has 3 nitrogen and oxygen atoms in total. The fourth-order valence-electron chi connectivity index (χ4n) is 1.36. The van der Waals surface area contributed by atoms with E-state index in [1.807, 2.05) is 0 Å². The summed E-state index contributed by atoms with van der Waals surface area (Å²) in [5.41, 5.74) is 0. The predicted molar refractivity (Wildman–Crippen MR) is 61.2 cm³/mol. The molecule has 5 heteroatoms. The van der Waals surface area contributed by atoms with E-state index in [1.165, 1.54) is 11.3 Å². The van der Waals surface area contributed by atoms with Gasteiger partial charge in [-0.05, 0) is 0 Å². The van der Waals surface area contributed by atoms with Crippen molar-refractivity contribution in [1.29, 1.82) is 0 Å². The average molecular weight is 230 g/mol.